The predicted octanol–water partition coefficient (Wildman–Crippen LogP) is 2.42. The fourth-order valence-corrected chi connectivity index (χ4v) is 2.71. The van der Waals surface area contributed by atoms with Crippen LogP contribution in [-0.4, -0.2) is 30.4 Å². The monoisotopic (exact) mass is 284 g/mol. The first-order chi connectivity index (χ1) is 10.0. The maximum atomic E-state index is 12.8. The third-order valence-corrected chi connectivity index (χ3v) is 4.35. The van der Waals surface area contributed by atoms with Gasteiger partial charge in [0, 0.05) is 18.7 Å². The molecule has 1 heterocycles. The Morgan fingerprint density at radius 3 is 2.81 bits per heavy atom. The molecule has 1 aromatic carbocycles. The molecule has 1 aliphatic rings. The Bertz CT molecular complexity index is 583. The van der Waals surface area contributed by atoms with Crippen LogP contribution in [0.3, 0.4) is 0 Å². The lowest BCUT2D eigenvalue weighted by Crippen LogP contribution is -2.42. The number of hydrogen-bond acceptors (Lipinski definition) is 2. The molecule has 3 heteroatoms. The Balaban J connectivity index is 2.26. The summed E-state index contributed by atoms with van der Waals surface area (Å²) in [6, 6.07) is 5.82. The van der Waals surface area contributed by atoms with Gasteiger partial charge in [0.05, 0.1) is 12.1 Å². The normalized spacial score (nSPS) is 21.6. The standard InChI is InChI=1S/C18H24N2O/c1-13-6-7-17(16(11-13)5-4-9-19)18(21)20-10-8-14(2)15(3)12-20/h6-7,11,14-15H,8-10,12,19H2,1-3H3. The van der Waals surface area contributed by atoms with E-state index in [0.717, 1.165) is 30.6 Å². The smallest absolute Gasteiger partial charge is 0.255 e. The second-order valence-electron chi connectivity index (χ2n) is 6.05. The van der Waals surface area contributed by atoms with E-state index in [-0.39, 0.29) is 5.91 Å². The van der Waals surface area contributed by atoms with Crippen molar-refractivity contribution in [2.24, 2.45) is 17.6 Å². The Kier molecular flexibility index (Phi) is 5.03. The predicted molar refractivity (Wildman–Crippen MR) is 86.0 cm³/mol. The molecular weight excluding hydrogens is 260 g/mol. The fourth-order valence-electron chi connectivity index (χ4n) is 2.71. The van der Waals surface area contributed by atoms with Crippen molar-refractivity contribution in [3.8, 4) is 11.8 Å². The number of hydrogen-bond donors (Lipinski definition) is 1. The first kappa shape index (κ1) is 15.6. The van der Waals surface area contributed by atoms with Crippen molar-refractivity contribution in [3.63, 3.8) is 0 Å². The minimum Gasteiger partial charge on any atom is -0.338 e. The van der Waals surface area contributed by atoms with Gasteiger partial charge >= 0.3 is 0 Å². The van der Waals surface area contributed by atoms with E-state index in [1.807, 2.05) is 30.0 Å². The van der Waals surface area contributed by atoms with Gasteiger partial charge in [-0.05, 0) is 42.9 Å². The number of likely N-dealkylation sites (tertiary alicyclic amines) is 1. The third kappa shape index (κ3) is 3.65. The van der Waals surface area contributed by atoms with Crippen LogP contribution in [0.25, 0.3) is 0 Å². The first-order valence-electron chi connectivity index (χ1n) is 7.61. The van der Waals surface area contributed by atoms with Gasteiger partial charge in [-0.15, -0.1) is 0 Å². The lowest BCUT2D eigenvalue weighted by Gasteiger charge is -2.35. The van der Waals surface area contributed by atoms with Gasteiger partial charge in [-0.1, -0.05) is 31.8 Å². The summed E-state index contributed by atoms with van der Waals surface area (Å²) in [4.78, 5) is 14.7. The molecule has 0 radical (unpaired) electrons. The molecule has 0 aliphatic carbocycles. The summed E-state index contributed by atoms with van der Waals surface area (Å²) in [5, 5.41) is 0. The Morgan fingerprint density at radius 1 is 1.38 bits per heavy atom. The molecule has 2 N–H and O–H groups in total. The van der Waals surface area contributed by atoms with E-state index in [1.165, 1.54) is 0 Å². The van der Waals surface area contributed by atoms with Crippen LogP contribution in [0.4, 0.5) is 0 Å². The van der Waals surface area contributed by atoms with Gasteiger partial charge in [-0.3, -0.25) is 4.79 Å². The number of rotatable bonds is 1. The van der Waals surface area contributed by atoms with Crippen LogP contribution < -0.4 is 5.73 Å². The minimum atomic E-state index is 0.0927. The van der Waals surface area contributed by atoms with Crippen molar-refractivity contribution in [2.75, 3.05) is 19.6 Å². The van der Waals surface area contributed by atoms with Crippen molar-refractivity contribution >= 4 is 5.91 Å². The maximum Gasteiger partial charge on any atom is 0.255 e. The summed E-state index contributed by atoms with van der Waals surface area (Å²) in [6.07, 6.45) is 1.07. The summed E-state index contributed by atoms with van der Waals surface area (Å²) < 4.78 is 0. The molecule has 2 unspecified atom stereocenters. The highest BCUT2D eigenvalue weighted by atomic mass is 16.2. The molecule has 0 spiro atoms. The van der Waals surface area contributed by atoms with E-state index < -0.39 is 0 Å². The number of aryl methyl sites for hydroxylation is 1. The maximum absolute atomic E-state index is 12.8. The largest absolute Gasteiger partial charge is 0.338 e. The van der Waals surface area contributed by atoms with Gasteiger partial charge in [0.1, 0.15) is 0 Å². The van der Waals surface area contributed by atoms with Crippen molar-refractivity contribution in [3.05, 3.63) is 34.9 Å². The number of amides is 1. The van der Waals surface area contributed by atoms with Crippen LogP contribution >= 0.6 is 0 Å². The van der Waals surface area contributed by atoms with Crippen molar-refractivity contribution < 1.29 is 4.79 Å². The number of nitrogens with zero attached hydrogens (tertiary/aromatic N) is 1. The molecule has 2 rings (SSSR count). The van der Waals surface area contributed by atoms with Crippen molar-refractivity contribution in [1.29, 1.82) is 0 Å². The van der Waals surface area contributed by atoms with Crippen LogP contribution in [-0.2, 0) is 0 Å². The molecule has 0 saturated carbocycles. The highest BCUT2D eigenvalue weighted by molar-refractivity contribution is 5.97. The quantitative estimate of drug-likeness (QED) is 0.805. The van der Waals surface area contributed by atoms with Gasteiger partial charge in [0.2, 0.25) is 0 Å². The molecule has 1 aromatic rings. The molecule has 1 amide bonds. The zero-order valence-electron chi connectivity index (χ0n) is 13.1. The topological polar surface area (TPSA) is 46.3 Å². The van der Waals surface area contributed by atoms with E-state index in [4.69, 9.17) is 5.73 Å². The average Bonchev–Trinajstić information content (AvgIpc) is 2.47. The van der Waals surface area contributed by atoms with E-state index in [9.17, 15) is 4.79 Å². The van der Waals surface area contributed by atoms with Gasteiger partial charge in [-0.25, -0.2) is 0 Å². The summed E-state index contributed by atoms with van der Waals surface area (Å²) in [5.41, 5.74) is 8.04. The summed E-state index contributed by atoms with van der Waals surface area (Å²) in [7, 11) is 0. The Hall–Kier alpha value is -1.79. The van der Waals surface area contributed by atoms with Crippen LogP contribution in [0.1, 0.15) is 41.8 Å². The average molecular weight is 284 g/mol. The van der Waals surface area contributed by atoms with E-state index in [2.05, 4.69) is 25.7 Å². The van der Waals surface area contributed by atoms with Gasteiger partial charge < -0.3 is 10.6 Å². The molecule has 2 atom stereocenters. The number of nitrogens with two attached hydrogens (primary N) is 1. The lowest BCUT2D eigenvalue weighted by molar-refractivity contribution is 0.0627. The van der Waals surface area contributed by atoms with E-state index in [0.29, 0.717) is 23.9 Å². The highest BCUT2D eigenvalue weighted by Crippen LogP contribution is 2.24. The Labute approximate surface area is 127 Å². The third-order valence-electron chi connectivity index (χ3n) is 4.35. The minimum absolute atomic E-state index is 0.0927. The van der Waals surface area contributed by atoms with Crippen molar-refractivity contribution in [2.45, 2.75) is 27.2 Å². The molecule has 3 nitrogen and oxygen atoms in total. The zero-order valence-corrected chi connectivity index (χ0v) is 13.1. The SMILES string of the molecule is Cc1ccc(C(=O)N2CCC(C)C(C)C2)c(C#CCN)c1. The number of piperidine rings is 1. The molecule has 1 fully saturated rings. The molecular formula is C18H24N2O. The second-order valence-corrected chi connectivity index (χ2v) is 6.05. The highest BCUT2D eigenvalue weighted by Gasteiger charge is 2.27. The zero-order chi connectivity index (χ0) is 15.4. The number of carbonyl (C=O) groups excluding carboxylic acids is 1. The van der Waals surface area contributed by atoms with E-state index in [1.54, 1.807) is 0 Å². The first-order valence-corrected chi connectivity index (χ1v) is 7.61. The molecule has 1 aliphatic heterocycles. The summed E-state index contributed by atoms with van der Waals surface area (Å²) >= 11 is 0. The van der Waals surface area contributed by atoms with Crippen molar-refractivity contribution in [1.82, 2.24) is 4.90 Å². The Morgan fingerprint density at radius 2 is 2.14 bits per heavy atom. The fraction of sp³-hybridized carbons (Fsp3) is 0.500. The molecule has 112 valence electrons. The van der Waals surface area contributed by atoms with Gasteiger partial charge in [0.15, 0.2) is 0 Å². The molecule has 21 heavy (non-hydrogen) atoms. The number of benzene rings is 1. The van der Waals surface area contributed by atoms with Crippen LogP contribution in [0.2, 0.25) is 0 Å². The van der Waals surface area contributed by atoms with Crippen LogP contribution in [0.5, 0.6) is 0 Å². The number of carbonyl (C=O) groups is 1. The molecule has 0 aromatic heterocycles. The molecule has 1 saturated heterocycles. The molecule has 0 bridgehead atoms. The summed E-state index contributed by atoms with van der Waals surface area (Å²) in [5.74, 6) is 7.21. The van der Waals surface area contributed by atoms with Gasteiger partial charge in [0.25, 0.3) is 5.91 Å². The lowest BCUT2D eigenvalue weighted by atomic mass is 9.88. The second kappa shape index (κ2) is 6.78. The van der Waals surface area contributed by atoms with E-state index >= 15 is 0 Å². The van der Waals surface area contributed by atoms with Crippen LogP contribution in [0.15, 0.2) is 18.2 Å². The summed E-state index contributed by atoms with van der Waals surface area (Å²) in [6.45, 7) is 8.46. The van der Waals surface area contributed by atoms with Crippen LogP contribution in [0, 0.1) is 30.6 Å². The van der Waals surface area contributed by atoms with Gasteiger partial charge in [-0.2, -0.15) is 0 Å².